The van der Waals surface area contributed by atoms with E-state index in [1.165, 1.54) is 0 Å². The van der Waals surface area contributed by atoms with Gasteiger partial charge in [0.2, 0.25) is 0 Å². The van der Waals surface area contributed by atoms with Gasteiger partial charge in [-0.3, -0.25) is 9.11 Å². The number of aromatic hydroxyl groups is 1. The monoisotopic (exact) mass is 393 g/mol. The van der Waals surface area contributed by atoms with Crippen LogP contribution in [-0.4, -0.2) is 43.6 Å². The van der Waals surface area contributed by atoms with Gasteiger partial charge in [-0.15, -0.1) is 0 Å². The van der Waals surface area contributed by atoms with Crippen molar-refractivity contribution in [2.45, 2.75) is 12.5 Å². The molecule has 8 heteroatoms. The van der Waals surface area contributed by atoms with Crippen LogP contribution in [0.15, 0.2) is 48.5 Å². The Labute approximate surface area is 159 Å². The third kappa shape index (κ3) is 4.17. The standard InChI is InChI=1S/C18H19ClN2O4S/c19-14-5-7-15(8-6-14)21-17(13-3-1-4-16(22)11-13)12-20(18(21)23)9-2-10-26(24)25/h1,3-8,11,17,22H,2,9-10,12H2,(H,24,25)/p-1. The van der Waals surface area contributed by atoms with E-state index in [0.29, 0.717) is 30.2 Å². The minimum Gasteiger partial charge on any atom is -0.772 e. The summed E-state index contributed by atoms with van der Waals surface area (Å²) in [7, 11) is 0. The molecule has 0 spiro atoms. The first-order valence-electron chi connectivity index (χ1n) is 8.14. The van der Waals surface area contributed by atoms with E-state index in [2.05, 4.69) is 0 Å². The van der Waals surface area contributed by atoms with Crippen molar-refractivity contribution in [3.05, 3.63) is 59.1 Å². The molecule has 0 bridgehead atoms. The van der Waals surface area contributed by atoms with E-state index in [4.69, 9.17) is 11.6 Å². The number of phenols is 1. The highest BCUT2D eigenvalue weighted by Crippen LogP contribution is 2.36. The van der Waals surface area contributed by atoms with Crippen LogP contribution in [0.1, 0.15) is 18.0 Å². The number of amides is 2. The summed E-state index contributed by atoms with van der Waals surface area (Å²) in [6.07, 6.45) is 0.378. The second kappa shape index (κ2) is 8.07. The van der Waals surface area contributed by atoms with Crippen LogP contribution in [-0.2, 0) is 11.1 Å². The lowest BCUT2D eigenvalue weighted by Gasteiger charge is -2.24. The summed E-state index contributed by atoms with van der Waals surface area (Å²) in [5.74, 6) is 0.146. The summed E-state index contributed by atoms with van der Waals surface area (Å²) in [4.78, 5) is 16.2. The first-order valence-corrected chi connectivity index (χ1v) is 9.76. The summed E-state index contributed by atoms with van der Waals surface area (Å²) in [6, 6.07) is 13.3. The third-order valence-corrected chi connectivity index (χ3v) is 5.15. The fourth-order valence-corrected chi connectivity index (χ4v) is 3.58. The molecule has 0 radical (unpaired) electrons. The number of rotatable bonds is 6. The molecular weight excluding hydrogens is 376 g/mol. The van der Waals surface area contributed by atoms with Crippen LogP contribution in [0, 0.1) is 0 Å². The van der Waals surface area contributed by atoms with Gasteiger partial charge in [-0.05, 0) is 48.4 Å². The smallest absolute Gasteiger partial charge is 0.325 e. The summed E-state index contributed by atoms with van der Waals surface area (Å²) < 4.78 is 21.5. The summed E-state index contributed by atoms with van der Waals surface area (Å²) in [5, 5.41) is 10.4. The Morgan fingerprint density at radius 2 is 1.96 bits per heavy atom. The number of benzene rings is 2. The molecular formula is C18H18ClN2O4S-. The van der Waals surface area contributed by atoms with Gasteiger partial charge >= 0.3 is 6.03 Å². The maximum atomic E-state index is 12.9. The molecule has 1 aliphatic rings. The van der Waals surface area contributed by atoms with Crippen molar-refractivity contribution >= 4 is 34.4 Å². The highest BCUT2D eigenvalue weighted by Gasteiger charge is 2.38. The zero-order valence-corrected chi connectivity index (χ0v) is 15.4. The van der Waals surface area contributed by atoms with E-state index >= 15 is 0 Å². The highest BCUT2D eigenvalue weighted by molar-refractivity contribution is 7.79. The summed E-state index contributed by atoms with van der Waals surface area (Å²) in [6.45, 7) is 0.766. The molecule has 2 atom stereocenters. The lowest BCUT2D eigenvalue weighted by atomic mass is 10.1. The second-order valence-corrected chi connectivity index (χ2v) is 7.50. The Hall–Kier alpha value is -2.09. The predicted octanol–water partition coefficient (Wildman–Crippen LogP) is 3.30. The number of phenolic OH excluding ortho intramolecular Hbond substituents is 1. The fraction of sp³-hybridized carbons (Fsp3) is 0.278. The van der Waals surface area contributed by atoms with Crippen molar-refractivity contribution in [1.82, 2.24) is 4.90 Å². The number of nitrogens with zero attached hydrogens (tertiary/aromatic N) is 2. The molecule has 0 saturated carbocycles. The third-order valence-electron chi connectivity index (χ3n) is 4.28. The molecule has 3 rings (SSSR count). The van der Waals surface area contributed by atoms with Gasteiger partial charge in [0.1, 0.15) is 5.75 Å². The molecule has 1 saturated heterocycles. The van der Waals surface area contributed by atoms with E-state index < -0.39 is 11.1 Å². The van der Waals surface area contributed by atoms with Crippen molar-refractivity contribution in [3.63, 3.8) is 0 Å². The Morgan fingerprint density at radius 1 is 1.23 bits per heavy atom. The average Bonchev–Trinajstić information content (AvgIpc) is 2.92. The summed E-state index contributed by atoms with van der Waals surface area (Å²) in [5.41, 5.74) is 1.51. The molecule has 2 unspecified atom stereocenters. The minimum atomic E-state index is -2.12. The van der Waals surface area contributed by atoms with E-state index in [9.17, 15) is 18.7 Å². The van der Waals surface area contributed by atoms with Crippen molar-refractivity contribution in [1.29, 1.82) is 0 Å². The Bertz CT molecular complexity index is 815. The van der Waals surface area contributed by atoms with Crippen LogP contribution in [0.4, 0.5) is 10.5 Å². The lowest BCUT2D eigenvalue weighted by Crippen LogP contribution is -2.33. The van der Waals surface area contributed by atoms with Gasteiger partial charge in [-0.1, -0.05) is 34.8 Å². The van der Waals surface area contributed by atoms with Crippen molar-refractivity contribution in [2.24, 2.45) is 0 Å². The molecule has 138 valence electrons. The van der Waals surface area contributed by atoms with E-state index in [1.54, 1.807) is 52.3 Å². The van der Waals surface area contributed by atoms with Crippen LogP contribution in [0.25, 0.3) is 0 Å². The Kier molecular flexibility index (Phi) is 5.80. The summed E-state index contributed by atoms with van der Waals surface area (Å²) >= 11 is 3.83. The largest absolute Gasteiger partial charge is 0.772 e. The fourth-order valence-electron chi connectivity index (χ4n) is 3.09. The second-order valence-electron chi connectivity index (χ2n) is 6.05. The SMILES string of the molecule is O=C1N(CCCS(=O)[O-])CC(c2cccc(O)c2)N1c1ccc(Cl)cc1. The van der Waals surface area contributed by atoms with Crippen LogP contribution in [0.5, 0.6) is 5.75 Å². The molecule has 26 heavy (non-hydrogen) atoms. The van der Waals surface area contributed by atoms with Gasteiger partial charge in [-0.25, -0.2) is 4.79 Å². The van der Waals surface area contributed by atoms with Gasteiger partial charge in [0.15, 0.2) is 0 Å². The van der Waals surface area contributed by atoms with Crippen LogP contribution < -0.4 is 4.90 Å². The molecule has 2 aromatic rings. The lowest BCUT2D eigenvalue weighted by molar-refractivity contribution is 0.220. The zero-order chi connectivity index (χ0) is 18.7. The quantitative estimate of drug-likeness (QED) is 0.763. The molecule has 0 aromatic heterocycles. The van der Waals surface area contributed by atoms with Crippen molar-refractivity contribution < 1.29 is 18.7 Å². The number of hydrogen-bond donors (Lipinski definition) is 1. The first-order chi connectivity index (χ1) is 12.5. The molecule has 6 nitrogen and oxygen atoms in total. The number of anilines is 1. The molecule has 1 heterocycles. The van der Waals surface area contributed by atoms with Crippen molar-refractivity contribution in [2.75, 3.05) is 23.7 Å². The first kappa shape index (κ1) is 18.7. The van der Waals surface area contributed by atoms with Crippen LogP contribution in [0.2, 0.25) is 5.02 Å². The van der Waals surface area contributed by atoms with Gasteiger partial charge in [0, 0.05) is 29.6 Å². The average molecular weight is 394 g/mol. The number of hydrogen-bond acceptors (Lipinski definition) is 4. The van der Waals surface area contributed by atoms with E-state index in [1.807, 2.05) is 6.07 Å². The van der Waals surface area contributed by atoms with Gasteiger partial charge < -0.3 is 14.6 Å². The normalized spacial score (nSPS) is 18.4. The number of urea groups is 1. The maximum absolute atomic E-state index is 12.9. The van der Waals surface area contributed by atoms with Gasteiger partial charge in [-0.2, -0.15) is 0 Å². The number of carbonyl (C=O) groups excluding carboxylic acids is 1. The Morgan fingerprint density at radius 3 is 2.62 bits per heavy atom. The van der Waals surface area contributed by atoms with E-state index in [0.717, 1.165) is 5.56 Å². The predicted molar refractivity (Wildman–Crippen MR) is 100 cm³/mol. The van der Waals surface area contributed by atoms with Crippen LogP contribution in [0.3, 0.4) is 0 Å². The van der Waals surface area contributed by atoms with Crippen molar-refractivity contribution in [3.8, 4) is 5.75 Å². The molecule has 0 aliphatic carbocycles. The number of halogens is 1. The van der Waals surface area contributed by atoms with Gasteiger partial charge in [0.05, 0.1) is 6.04 Å². The van der Waals surface area contributed by atoms with E-state index in [-0.39, 0.29) is 23.6 Å². The topological polar surface area (TPSA) is 83.9 Å². The molecule has 2 aromatic carbocycles. The van der Waals surface area contributed by atoms with Crippen LogP contribution >= 0.6 is 11.6 Å². The number of carbonyl (C=O) groups is 1. The van der Waals surface area contributed by atoms with Gasteiger partial charge in [0.25, 0.3) is 0 Å². The Balaban J connectivity index is 1.89. The zero-order valence-electron chi connectivity index (χ0n) is 13.9. The molecule has 2 amide bonds. The minimum absolute atomic E-state index is 0.0154. The molecule has 1 fully saturated rings. The maximum Gasteiger partial charge on any atom is 0.325 e. The molecule has 1 aliphatic heterocycles. The highest BCUT2D eigenvalue weighted by atomic mass is 35.5. The molecule has 1 N–H and O–H groups in total.